The van der Waals surface area contributed by atoms with Gasteiger partial charge < -0.3 is 29.5 Å². The molecule has 6 atom stereocenters. The minimum atomic E-state index is -1.75. The van der Waals surface area contributed by atoms with Crippen LogP contribution in [0, 0.1) is 22.2 Å². The van der Waals surface area contributed by atoms with E-state index in [1.165, 1.54) is 4.90 Å². The summed E-state index contributed by atoms with van der Waals surface area (Å²) in [6.45, 7) is 7.51. The summed E-state index contributed by atoms with van der Waals surface area (Å²) in [7, 11) is 0. The molecule has 1 aromatic rings. The molecule has 1 aliphatic carbocycles. The highest BCUT2D eigenvalue weighted by Gasteiger charge is 2.93. The molecule has 1 saturated carbocycles. The lowest BCUT2D eigenvalue weighted by molar-refractivity contribution is -0.212. The number of hydrogen-bond acceptors (Lipinski definition) is 9. The molecule has 1 aromatic carbocycles. The van der Waals surface area contributed by atoms with Gasteiger partial charge in [-0.2, -0.15) is 0 Å². The summed E-state index contributed by atoms with van der Waals surface area (Å²) in [6.07, 6.45) is -1.55. The molecule has 5 fully saturated rings. The topological polar surface area (TPSA) is 131 Å². The molecule has 10 heteroatoms. The van der Waals surface area contributed by atoms with Crippen LogP contribution in [0.4, 0.5) is 0 Å². The van der Waals surface area contributed by atoms with Crippen LogP contribution in [0.5, 0.6) is 0 Å². The van der Waals surface area contributed by atoms with E-state index < -0.39 is 64.1 Å². The number of amides is 1. The van der Waals surface area contributed by atoms with E-state index in [2.05, 4.69) is 5.32 Å². The van der Waals surface area contributed by atoms with Crippen molar-refractivity contribution in [2.75, 3.05) is 19.6 Å². The molecule has 10 nitrogen and oxygen atoms in total. The number of piperidine rings is 1. The first-order chi connectivity index (χ1) is 18.5. The molecule has 210 valence electrons. The summed E-state index contributed by atoms with van der Waals surface area (Å²) >= 11 is 0. The SMILES string of the molecule is CC(C)(C)[C@]1(O)C[C@@H]2OC(=O)C[C@@]23C(=O)O[C@@H]2N(CCC4CCNCC4)C(=O)[C@@H](OC(=O)c4ccccc4)[C@]213. The Morgan fingerprint density at radius 1 is 1.13 bits per heavy atom. The minimum Gasteiger partial charge on any atom is -0.461 e. The van der Waals surface area contributed by atoms with Crippen molar-refractivity contribution in [1.82, 2.24) is 10.2 Å². The van der Waals surface area contributed by atoms with Crippen LogP contribution in [-0.4, -0.2) is 77.5 Å². The molecule has 2 spiro atoms. The monoisotopic (exact) mass is 540 g/mol. The second kappa shape index (κ2) is 8.76. The van der Waals surface area contributed by atoms with E-state index in [1.807, 2.05) is 20.8 Å². The van der Waals surface area contributed by atoms with Gasteiger partial charge in [-0.15, -0.1) is 0 Å². The number of aliphatic hydroxyl groups is 1. The van der Waals surface area contributed by atoms with Crippen molar-refractivity contribution in [3.8, 4) is 0 Å². The highest BCUT2D eigenvalue weighted by molar-refractivity contribution is 5.99. The summed E-state index contributed by atoms with van der Waals surface area (Å²) in [5, 5.41) is 16.0. The maximum atomic E-state index is 14.3. The summed E-state index contributed by atoms with van der Waals surface area (Å²) in [4.78, 5) is 55.7. The highest BCUT2D eigenvalue weighted by atomic mass is 16.6. The minimum absolute atomic E-state index is 0.0668. The number of hydrogen-bond donors (Lipinski definition) is 2. The fraction of sp³-hybridized carbons (Fsp3) is 0.655. The number of nitrogens with zero attached hydrogens (tertiary/aromatic N) is 1. The molecule has 0 bridgehead atoms. The molecule has 0 unspecified atom stereocenters. The maximum Gasteiger partial charge on any atom is 0.338 e. The van der Waals surface area contributed by atoms with Gasteiger partial charge in [0.05, 0.1) is 17.6 Å². The van der Waals surface area contributed by atoms with Crippen molar-refractivity contribution in [2.45, 2.75) is 76.9 Å². The fourth-order valence-electron chi connectivity index (χ4n) is 8.06. The fourth-order valence-corrected chi connectivity index (χ4v) is 8.06. The van der Waals surface area contributed by atoms with Crippen LogP contribution in [0.25, 0.3) is 0 Å². The lowest BCUT2D eigenvalue weighted by atomic mass is 9.52. The Kier molecular flexibility index (Phi) is 5.90. The van der Waals surface area contributed by atoms with Gasteiger partial charge in [0.1, 0.15) is 16.9 Å². The number of carbonyl (C=O) groups is 4. The smallest absolute Gasteiger partial charge is 0.338 e. The first kappa shape index (κ1) is 26.3. The van der Waals surface area contributed by atoms with Gasteiger partial charge in [0, 0.05) is 13.0 Å². The lowest BCUT2D eigenvalue weighted by Crippen LogP contribution is -2.66. The molecular weight excluding hydrogens is 504 g/mol. The molecule has 4 heterocycles. The van der Waals surface area contributed by atoms with Crippen LogP contribution in [0.3, 0.4) is 0 Å². The zero-order valence-corrected chi connectivity index (χ0v) is 22.6. The van der Waals surface area contributed by atoms with Crippen LogP contribution in [0.1, 0.15) is 63.2 Å². The van der Waals surface area contributed by atoms with Crippen molar-refractivity contribution in [1.29, 1.82) is 0 Å². The van der Waals surface area contributed by atoms with Gasteiger partial charge in [-0.3, -0.25) is 14.4 Å². The van der Waals surface area contributed by atoms with Crippen LogP contribution < -0.4 is 5.32 Å². The van der Waals surface area contributed by atoms with Crippen molar-refractivity contribution in [2.24, 2.45) is 22.2 Å². The molecule has 4 saturated heterocycles. The van der Waals surface area contributed by atoms with Crippen LogP contribution in [-0.2, 0) is 28.6 Å². The molecule has 6 rings (SSSR count). The third-order valence-electron chi connectivity index (χ3n) is 10.0. The zero-order valence-electron chi connectivity index (χ0n) is 22.6. The largest absolute Gasteiger partial charge is 0.461 e. The van der Waals surface area contributed by atoms with Crippen LogP contribution >= 0.6 is 0 Å². The molecule has 0 aromatic heterocycles. The van der Waals surface area contributed by atoms with E-state index in [0.29, 0.717) is 12.3 Å². The molecule has 5 aliphatic rings. The summed E-state index contributed by atoms with van der Waals surface area (Å²) in [5.74, 6) is -2.18. The number of carbonyl (C=O) groups excluding carboxylic acids is 4. The summed E-state index contributed by atoms with van der Waals surface area (Å²) in [6, 6.07) is 8.28. The van der Waals surface area contributed by atoms with Gasteiger partial charge in [-0.25, -0.2) is 4.79 Å². The number of benzene rings is 1. The molecule has 4 aliphatic heterocycles. The van der Waals surface area contributed by atoms with Crippen molar-refractivity contribution >= 4 is 23.8 Å². The molecule has 1 amide bonds. The van der Waals surface area contributed by atoms with E-state index in [0.717, 1.165) is 25.9 Å². The number of rotatable bonds is 5. The first-order valence-electron chi connectivity index (χ1n) is 13.9. The van der Waals surface area contributed by atoms with Gasteiger partial charge in [0.15, 0.2) is 12.3 Å². The van der Waals surface area contributed by atoms with E-state index in [1.54, 1.807) is 30.3 Å². The highest BCUT2D eigenvalue weighted by Crippen LogP contribution is 2.76. The maximum absolute atomic E-state index is 14.3. The van der Waals surface area contributed by atoms with Crippen LogP contribution in [0.15, 0.2) is 30.3 Å². The quantitative estimate of drug-likeness (QED) is 0.424. The second-order valence-corrected chi connectivity index (χ2v) is 12.7. The number of likely N-dealkylation sites (tertiary alicyclic amines) is 1. The number of ether oxygens (including phenoxy) is 3. The first-order valence-corrected chi connectivity index (χ1v) is 13.9. The Bertz CT molecular complexity index is 1210. The van der Waals surface area contributed by atoms with E-state index in [4.69, 9.17) is 14.2 Å². The van der Waals surface area contributed by atoms with E-state index in [-0.39, 0.29) is 24.9 Å². The zero-order chi connectivity index (χ0) is 27.8. The van der Waals surface area contributed by atoms with Gasteiger partial charge >= 0.3 is 17.9 Å². The molecule has 2 N–H and O–H groups in total. The van der Waals surface area contributed by atoms with Gasteiger partial charge in [0.2, 0.25) is 0 Å². The van der Waals surface area contributed by atoms with Gasteiger partial charge in [-0.05, 0) is 55.8 Å². The Morgan fingerprint density at radius 3 is 2.49 bits per heavy atom. The van der Waals surface area contributed by atoms with Gasteiger partial charge in [-0.1, -0.05) is 39.0 Å². The summed E-state index contributed by atoms with van der Waals surface area (Å²) in [5.41, 5.74) is -5.80. The Morgan fingerprint density at radius 2 is 1.82 bits per heavy atom. The van der Waals surface area contributed by atoms with E-state index in [9.17, 15) is 24.3 Å². The van der Waals surface area contributed by atoms with Crippen molar-refractivity contribution in [3.63, 3.8) is 0 Å². The number of esters is 3. The standard InChI is InChI=1S/C29H36N2O8/c1-26(2,3)28(36)15-19-27(16-20(32)37-19)25(35)39-24-29(27,28)21(38-23(34)18-7-5-4-6-8-18)22(33)31(24)14-11-17-9-12-30-13-10-17/h4-8,17,19,21,24,30,36H,9-16H2,1-3H3/t19-,21+,24-,27-,28+,29+/m0/s1. The third-order valence-corrected chi connectivity index (χ3v) is 10.0. The third kappa shape index (κ3) is 3.33. The van der Waals surface area contributed by atoms with Crippen LogP contribution in [0.2, 0.25) is 0 Å². The van der Waals surface area contributed by atoms with E-state index >= 15 is 0 Å². The summed E-state index contributed by atoms with van der Waals surface area (Å²) < 4.78 is 17.7. The van der Waals surface area contributed by atoms with Crippen molar-refractivity contribution in [3.05, 3.63) is 35.9 Å². The predicted octanol–water partition coefficient (Wildman–Crippen LogP) is 1.80. The molecular formula is C29H36N2O8. The van der Waals surface area contributed by atoms with Crippen molar-refractivity contribution < 1.29 is 38.5 Å². The molecule has 39 heavy (non-hydrogen) atoms. The normalized spacial score (nSPS) is 37.8. The average molecular weight is 541 g/mol. The van der Waals surface area contributed by atoms with Gasteiger partial charge in [0.25, 0.3) is 5.91 Å². The number of nitrogens with one attached hydrogen (secondary N) is 1. The second-order valence-electron chi connectivity index (χ2n) is 12.7. The Labute approximate surface area is 227 Å². The average Bonchev–Trinajstić information content (AvgIpc) is 3.51. The molecule has 0 radical (unpaired) electrons. The Balaban J connectivity index is 1.49. The Hall–Kier alpha value is -2.98. The predicted molar refractivity (Wildman–Crippen MR) is 136 cm³/mol. The lowest BCUT2D eigenvalue weighted by Gasteiger charge is -2.51.